The van der Waals surface area contributed by atoms with Gasteiger partial charge in [-0.05, 0) is 49.7 Å². The van der Waals surface area contributed by atoms with Crippen molar-refractivity contribution >= 4 is 11.9 Å². The standard InChI is InChI=1S/C21H25F2N3O5/c1-13(2)31-17-8-7-15(10-18(17)29-3)20(27)25-26-21(28)24-11-14-5-4-6-16(9-14)30-12-19(22)23/h4-10,13,19H,11-12H2,1-3H3,(H,25,27)(H2,24,26,28). The molecule has 8 nitrogen and oxygen atoms in total. The Morgan fingerprint density at radius 3 is 2.48 bits per heavy atom. The fourth-order valence-electron chi connectivity index (χ4n) is 2.48. The molecule has 0 bridgehead atoms. The Morgan fingerprint density at radius 1 is 1.03 bits per heavy atom. The quantitative estimate of drug-likeness (QED) is 0.523. The SMILES string of the molecule is COc1cc(C(=O)NNC(=O)NCc2cccc(OCC(F)F)c2)ccc1OC(C)C. The first kappa shape index (κ1) is 23.7. The molecule has 0 saturated carbocycles. The minimum Gasteiger partial charge on any atom is -0.493 e. The van der Waals surface area contributed by atoms with E-state index < -0.39 is 25.0 Å². The molecule has 0 fully saturated rings. The maximum absolute atomic E-state index is 12.3. The van der Waals surface area contributed by atoms with Crippen LogP contribution in [0.15, 0.2) is 42.5 Å². The number of amides is 3. The molecule has 2 rings (SSSR count). The average Bonchev–Trinajstić information content (AvgIpc) is 2.74. The summed E-state index contributed by atoms with van der Waals surface area (Å²) in [6.07, 6.45) is -2.63. The van der Waals surface area contributed by atoms with Gasteiger partial charge in [-0.25, -0.2) is 19.0 Å². The van der Waals surface area contributed by atoms with Crippen molar-refractivity contribution in [2.24, 2.45) is 0 Å². The Kier molecular flexibility index (Phi) is 8.86. The number of carbonyl (C=O) groups is 2. The molecule has 0 unspecified atom stereocenters. The second-order valence-corrected chi connectivity index (χ2v) is 6.64. The number of ether oxygens (including phenoxy) is 3. The number of halogens is 2. The normalized spacial score (nSPS) is 10.5. The monoisotopic (exact) mass is 437 g/mol. The van der Waals surface area contributed by atoms with Crippen LogP contribution in [0.1, 0.15) is 29.8 Å². The molecule has 10 heteroatoms. The first-order valence-corrected chi connectivity index (χ1v) is 9.47. The van der Waals surface area contributed by atoms with E-state index in [9.17, 15) is 18.4 Å². The van der Waals surface area contributed by atoms with Crippen LogP contribution in [0, 0.1) is 0 Å². The zero-order chi connectivity index (χ0) is 22.8. The summed E-state index contributed by atoms with van der Waals surface area (Å²) in [6.45, 7) is 3.13. The number of alkyl halides is 2. The molecule has 0 aromatic heterocycles. The summed E-state index contributed by atoms with van der Waals surface area (Å²) >= 11 is 0. The largest absolute Gasteiger partial charge is 0.493 e. The van der Waals surface area contributed by atoms with E-state index in [0.29, 0.717) is 17.1 Å². The van der Waals surface area contributed by atoms with Crippen molar-refractivity contribution in [1.29, 1.82) is 0 Å². The first-order chi connectivity index (χ1) is 14.8. The molecular formula is C21H25F2N3O5. The lowest BCUT2D eigenvalue weighted by Crippen LogP contribution is -2.46. The van der Waals surface area contributed by atoms with Crippen molar-refractivity contribution in [2.75, 3.05) is 13.7 Å². The van der Waals surface area contributed by atoms with E-state index in [1.165, 1.54) is 25.3 Å². The summed E-state index contributed by atoms with van der Waals surface area (Å²) in [4.78, 5) is 24.2. The van der Waals surface area contributed by atoms with Gasteiger partial charge in [0.05, 0.1) is 13.2 Å². The Bertz CT molecular complexity index is 893. The number of hydrogen-bond acceptors (Lipinski definition) is 5. The van der Waals surface area contributed by atoms with Gasteiger partial charge in [-0.15, -0.1) is 0 Å². The third-order valence-electron chi connectivity index (χ3n) is 3.81. The number of hydrazine groups is 1. The van der Waals surface area contributed by atoms with Gasteiger partial charge in [0.15, 0.2) is 11.5 Å². The lowest BCUT2D eigenvalue weighted by atomic mass is 10.2. The van der Waals surface area contributed by atoms with E-state index >= 15 is 0 Å². The summed E-state index contributed by atoms with van der Waals surface area (Å²) < 4.78 is 40.2. The van der Waals surface area contributed by atoms with Crippen LogP contribution in [0.2, 0.25) is 0 Å². The Morgan fingerprint density at radius 2 is 1.81 bits per heavy atom. The third kappa shape index (κ3) is 8.00. The van der Waals surface area contributed by atoms with E-state index in [1.807, 2.05) is 13.8 Å². The molecule has 0 aliphatic heterocycles. The highest BCUT2D eigenvalue weighted by Gasteiger charge is 2.13. The van der Waals surface area contributed by atoms with Crippen LogP contribution in [-0.2, 0) is 6.54 Å². The Hall–Kier alpha value is -3.56. The maximum atomic E-state index is 12.3. The first-order valence-electron chi connectivity index (χ1n) is 9.47. The number of urea groups is 1. The second-order valence-electron chi connectivity index (χ2n) is 6.64. The number of rotatable bonds is 9. The molecule has 0 aliphatic carbocycles. The van der Waals surface area contributed by atoms with Gasteiger partial charge < -0.3 is 19.5 Å². The summed E-state index contributed by atoms with van der Waals surface area (Å²) in [7, 11) is 1.46. The molecule has 31 heavy (non-hydrogen) atoms. The van der Waals surface area contributed by atoms with Gasteiger partial charge in [-0.1, -0.05) is 12.1 Å². The van der Waals surface area contributed by atoms with Crippen molar-refractivity contribution in [2.45, 2.75) is 32.9 Å². The zero-order valence-electron chi connectivity index (χ0n) is 17.4. The van der Waals surface area contributed by atoms with Crippen molar-refractivity contribution in [3.63, 3.8) is 0 Å². The number of hydrogen-bond donors (Lipinski definition) is 3. The van der Waals surface area contributed by atoms with Crippen molar-refractivity contribution < 1.29 is 32.6 Å². The molecular weight excluding hydrogens is 412 g/mol. The summed E-state index contributed by atoms with van der Waals surface area (Å²) in [5.41, 5.74) is 5.42. The number of carbonyl (C=O) groups excluding carboxylic acids is 2. The van der Waals surface area contributed by atoms with E-state index in [1.54, 1.807) is 24.3 Å². The van der Waals surface area contributed by atoms with Gasteiger partial charge in [0.1, 0.15) is 12.4 Å². The molecule has 0 radical (unpaired) electrons. The molecule has 3 N–H and O–H groups in total. The van der Waals surface area contributed by atoms with E-state index in [2.05, 4.69) is 16.2 Å². The van der Waals surface area contributed by atoms with Gasteiger partial charge >= 0.3 is 6.03 Å². The smallest absolute Gasteiger partial charge is 0.333 e. The molecule has 0 saturated heterocycles. The molecule has 0 atom stereocenters. The van der Waals surface area contributed by atoms with Crippen molar-refractivity contribution in [3.05, 3.63) is 53.6 Å². The fraction of sp³-hybridized carbons (Fsp3) is 0.333. The average molecular weight is 437 g/mol. The molecule has 168 valence electrons. The lowest BCUT2D eigenvalue weighted by Gasteiger charge is -2.14. The molecule has 0 aliphatic rings. The lowest BCUT2D eigenvalue weighted by molar-refractivity contribution is 0.0818. The van der Waals surface area contributed by atoms with Gasteiger partial charge in [0, 0.05) is 12.1 Å². The van der Waals surface area contributed by atoms with E-state index in [-0.39, 0.29) is 24.0 Å². The van der Waals surface area contributed by atoms with Gasteiger partial charge in [0.2, 0.25) is 0 Å². The number of methoxy groups -OCH3 is 1. The molecule has 2 aromatic rings. The van der Waals surface area contributed by atoms with Gasteiger partial charge in [0.25, 0.3) is 12.3 Å². The molecule has 0 spiro atoms. The fourth-order valence-corrected chi connectivity index (χ4v) is 2.48. The maximum Gasteiger partial charge on any atom is 0.333 e. The van der Waals surface area contributed by atoms with Crippen molar-refractivity contribution in [1.82, 2.24) is 16.2 Å². The van der Waals surface area contributed by atoms with Crippen LogP contribution in [0.4, 0.5) is 13.6 Å². The number of benzene rings is 2. The predicted molar refractivity (Wildman–Crippen MR) is 110 cm³/mol. The summed E-state index contributed by atoms with van der Waals surface area (Å²) in [6, 6.07) is 10.4. The third-order valence-corrected chi connectivity index (χ3v) is 3.81. The van der Waals surface area contributed by atoms with Gasteiger partial charge in [-0.2, -0.15) is 0 Å². The van der Waals surface area contributed by atoms with Crippen LogP contribution in [-0.4, -0.2) is 38.2 Å². The van der Waals surface area contributed by atoms with Crippen molar-refractivity contribution in [3.8, 4) is 17.2 Å². The molecule has 0 heterocycles. The highest BCUT2D eigenvalue weighted by Crippen LogP contribution is 2.28. The Balaban J connectivity index is 1.84. The highest BCUT2D eigenvalue weighted by molar-refractivity contribution is 5.95. The Labute approximate surface area is 178 Å². The summed E-state index contributed by atoms with van der Waals surface area (Å²) in [5, 5.41) is 2.54. The van der Waals surface area contributed by atoms with E-state index in [0.717, 1.165) is 0 Å². The van der Waals surface area contributed by atoms with Crippen LogP contribution < -0.4 is 30.4 Å². The van der Waals surface area contributed by atoms with Crippen LogP contribution in [0.5, 0.6) is 17.2 Å². The molecule has 3 amide bonds. The van der Waals surface area contributed by atoms with Crippen LogP contribution >= 0.6 is 0 Å². The summed E-state index contributed by atoms with van der Waals surface area (Å²) in [5.74, 6) is 0.610. The topological polar surface area (TPSA) is 97.9 Å². The minimum atomic E-state index is -2.57. The molecule has 2 aromatic carbocycles. The second kappa shape index (κ2) is 11.6. The predicted octanol–water partition coefficient (Wildman–Crippen LogP) is 3.27. The van der Waals surface area contributed by atoms with Crippen LogP contribution in [0.3, 0.4) is 0 Å². The number of nitrogens with one attached hydrogen (secondary N) is 3. The highest BCUT2D eigenvalue weighted by atomic mass is 19.3. The van der Waals surface area contributed by atoms with E-state index in [4.69, 9.17) is 14.2 Å². The van der Waals surface area contributed by atoms with Gasteiger partial charge in [-0.3, -0.25) is 10.2 Å². The zero-order valence-corrected chi connectivity index (χ0v) is 17.4. The van der Waals surface area contributed by atoms with Crippen LogP contribution in [0.25, 0.3) is 0 Å². The minimum absolute atomic E-state index is 0.0597.